The number of rotatable bonds is 2. The van der Waals surface area contributed by atoms with Crippen LogP contribution in [0, 0.1) is 0 Å². The first kappa shape index (κ1) is 12.5. The summed E-state index contributed by atoms with van der Waals surface area (Å²) in [7, 11) is 0. The molecule has 0 saturated carbocycles. The van der Waals surface area contributed by atoms with E-state index < -0.39 is 0 Å². The molecule has 0 atom stereocenters. The summed E-state index contributed by atoms with van der Waals surface area (Å²) in [6.45, 7) is 0. The molecule has 0 amide bonds. The zero-order chi connectivity index (χ0) is 13.2. The van der Waals surface area contributed by atoms with Crippen LogP contribution < -0.4 is 11.3 Å². The van der Waals surface area contributed by atoms with Gasteiger partial charge in [0, 0.05) is 33.7 Å². The van der Waals surface area contributed by atoms with E-state index in [1.807, 2.05) is 6.07 Å². The van der Waals surface area contributed by atoms with Gasteiger partial charge >= 0.3 is 0 Å². The van der Waals surface area contributed by atoms with Crippen molar-refractivity contribution in [1.82, 2.24) is 15.0 Å². The minimum absolute atomic E-state index is 0.669. The molecule has 0 unspecified atom stereocenters. The van der Waals surface area contributed by atoms with Gasteiger partial charge in [0.05, 0.1) is 0 Å². The molecule has 0 fully saturated rings. The van der Waals surface area contributed by atoms with Crippen molar-refractivity contribution in [1.29, 1.82) is 0 Å². The molecule has 2 aromatic heterocycles. The van der Waals surface area contributed by atoms with E-state index in [4.69, 9.17) is 5.84 Å². The summed E-state index contributed by atoms with van der Waals surface area (Å²) in [4.78, 5) is 13.3. The molecular formula is C13H14BrN5. The quantitative estimate of drug-likeness (QED) is 0.657. The standard InChI is InChI=1S/C13H14BrN5/c14-9-5-8(6-16-7-9)12-17-11-4-2-1-3-10(11)13(18-12)19-15/h5-7H,1-4,15H2,(H,17,18,19). The second-order valence-electron chi connectivity index (χ2n) is 4.56. The van der Waals surface area contributed by atoms with Crippen molar-refractivity contribution in [3.8, 4) is 11.4 Å². The lowest BCUT2D eigenvalue weighted by molar-refractivity contribution is 0.665. The SMILES string of the molecule is NNc1nc(-c2cncc(Br)c2)nc2c1CCCC2. The number of hydrazine groups is 1. The summed E-state index contributed by atoms with van der Waals surface area (Å²) >= 11 is 3.41. The Balaban J connectivity index is 2.12. The number of nitrogens with two attached hydrogens (primary N) is 1. The first-order valence-electron chi connectivity index (χ1n) is 6.25. The number of aryl methyl sites for hydroxylation is 1. The smallest absolute Gasteiger partial charge is 0.163 e. The summed E-state index contributed by atoms with van der Waals surface area (Å²) in [5.74, 6) is 6.99. The Hall–Kier alpha value is -1.53. The second-order valence-corrected chi connectivity index (χ2v) is 5.48. The molecule has 2 aromatic rings. The maximum Gasteiger partial charge on any atom is 0.163 e. The van der Waals surface area contributed by atoms with Crippen LogP contribution in [0.2, 0.25) is 0 Å². The summed E-state index contributed by atoms with van der Waals surface area (Å²) in [6.07, 6.45) is 7.82. The van der Waals surface area contributed by atoms with Gasteiger partial charge in [-0.05, 0) is 47.7 Å². The molecule has 98 valence electrons. The third-order valence-electron chi connectivity index (χ3n) is 3.28. The maximum absolute atomic E-state index is 5.59. The molecule has 0 aliphatic heterocycles. The van der Waals surface area contributed by atoms with Crippen LogP contribution in [0.3, 0.4) is 0 Å². The Morgan fingerprint density at radius 3 is 2.79 bits per heavy atom. The molecule has 6 heteroatoms. The molecule has 0 aromatic carbocycles. The summed E-state index contributed by atoms with van der Waals surface area (Å²) < 4.78 is 0.911. The van der Waals surface area contributed by atoms with Gasteiger partial charge in [-0.2, -0.15) is 0 Å². The van der Waals surface area contributed by atoms with E-state index >= 15 is 0 Å². The van der Waals surface area contributed by atoms with Crippen molar-refractivity contribution < 1.29 is 0 Å². The fourth-order valence-electron chi connectivity index (χ4n) is 2.38. The summed E-state index contributed by atoms with van der Waals surface area (Å²) in [5, 5.41) is 0. The number of nitrogens with one attached hydrogen (secondary N) is 1. The van der Waals surface area contributed by atoms with Crippen LogP contribution in [0.25, 0.3) is 11.4 Å². The number of hydrogen-bond acceptors (Lipinski definition) is 5. The van der Waals surface area contributed by atoms with E-state index in [-0.39, 0.29) is 0 Å². The number of fused-ring (bicyclic) bond motifs is 1. The normalized spacial score (nSPS) is 14.0. The first-order chi connectivity index (χ1) is 9.28. The molecular weight excluding hydrogens is 306 g/mol. The molecule has 5 nitrogen and oxygen atoms in total. The molecule has 3 N–H and O–H groups in total. The van der Waals surface area contributed by atoms with Gasteiger partial charge in [0.2, 0.25) is 0 Å². The number of pyridine rings is 1. The highest BCUT2D eigenvalue weighted by atomic mass is 79.9. The molecule has 1 aliphatic rings. The van der Waals surface area contributed by atoms with E-state index in [0.717, 1.165) is 40.0 Å². The van der Waals surface area contributed by atoms with Gasteiger partial charge in [-0.1, -0.05) is 0 Å². The number of hydrogen-bond donors (Lipinski definition) is 2. The van der Waals surface area contributed by atoms with Crippen molar-refractivity contribution in [2.75, 3.05) is 5.43 Å². The molecule has 2 heterocycles. The number of aromatic nitrogens is 3. The lowest BCUT2D eigenvalue weighted by Gasteiger charge is -2.18. The van der Waals surface area contributed by atoms with Gasteiger partial charge in [-0.15, -0.1) is 0 Å². The van der Waals surface area contributed by atoms with Crippen LogP contribution in [0.5, 0.6) is 0 Å². The average Bonchev–Trinajstić information content (AvgIpc) is 2.46. The van der Waals surface area contributed by atoms with Crippen molar-refractivity contribution in [2.45, 2.75) is 25.7 Å². The average molecular weight is 320 g/mol. The van der Waals surface area contributed by atoms with Gasteiger partial charge in [-0.25, -0.2) is 15.8 Å². The van der Waals surface area contributed by atoms with Crippen molar-refractivity contribution >= 4 is 21.7 Å². The third kappa shape index (κ3) is 2.46. The molecule has 0 saturated heterocycles. The number of nitrogen functional groups attached to an aromatic ring is 1. The predicted octanol–water partition coefficient (Wildman–Crippen LogP) is 2.47. The molecule has 0 bridgehead atoms. The van der Waals surface area contributed by atoms with Crippen molar-refractivity contribution in [3.63, 3.8) is 0 Å². The summed E-state index contributed by atoms with van der Waals surface area (Å²) in [6, 6.07) is 1.96. The predicted molar refractivity (Wildman–Crippen MR) is 77.4 cm³/mol. The molecule has 3 rings (SSSR count). The molecule has 19 heavy (non-hydrogen) atoms. The fraction of sp³-hybridized carbons (Fsp3) is 0.308. The molecule has 1 aliphatic carbocycles. The highest BCUT2D eigenvalue weighted by Crippen LogP contribution is 2.28. The highest BCUT2D eigenvalue weighted by molar-refractivity contribution is 9.10. The van der Waals surface area contributed by atoms with Crippen LogP contribution >= 0.6 is 15.9 Å². The zero-order valence-corrected chi connectivity index (χ0v) is 11.9. The van der Waals surface area contributed by atoms with Crippen LogP contribution in [0.4, 0.5) is 5.82 Å². The first-order valence-corrected chi connectivity index (χ1v) is 7.04. The monoisotopic (exact) mass is 319 g/mol. The van der Waals surface area contributed by atoms with Gasteiger partial charge in [0.25, 0.3) is 0 Å². The van der Waals surface area contributed by atoms with E-state index in [1.165, 1.54) is 12.8 Å². The Morgan fingerprint density at radius 2 is 2.00 bits per heavy atom. The molecule has 0 spiro atoms. The van der Waals surface area contributed by atoms with Gasteiger partial charge in [-0.3, -0.25) is 4.98 Å². The lowest BCUT2D eigenvalue weighted by atomic mass is 9.96. The van der Waals surface area contributed by atoms with Gasteiger partial charge in [0.1, 0.15) is 5.82 Å². The van der Waals surface area contributed by atoms with Crippen LogP contribution in [0.15, 0.2) is 22.9 Å². The summed E-state index contributed by atoms with van der Waals surface area (Å²) in [5.41, 5.74) is 5.84. The Bertz CT molecular complexity index is 597. The molecule has 0 radical (unpaired) electrons. The third-order valence-corrected chi connectivity index (χ3v) is 3.72. The lowest BCUT2D eigenvalue weighted by Crippen LogP contribution is -2.17. The van der Waals surface area contributed by atoms with Crippen LogP contribution in [-0.2, 0) is 12.8 Å². The Kier molecular flexibility index (Phi) is 3.44. The van der Waals surface area contributed by atoms with E-state index in [9.17, 15) is 0 Å². The zero-order valence-electron chi connectivity index (χ0n) is 10.4. The minimum atomic E-state index is 0.669. The van der Waals surface area contributed by atoms with Crippen LogP contribution in [0.1, 0.15) is 24.1 Å². The van der Waals surface area contributed by atoms with E-state index in [2.05, 4.69) is 36.3 Å². The maximum atomic E-state index is 5.59. The van der Waals surface area contributed by atoms with Crippen LogP contribution in [-0.4, -0.2) is 15.0 Å². The largest absolute Gasteiger partial charge is 0.308 e. The number of anilines is 1. The number of halogens is 1. The van der Waals surface area contributed by atoms with E-state index in [1.54, 1.807) is 12.4 Å². The van der Waals surface area contributed by atoms with Gasteiger partial charge < -0.3 is 5.43 Å². The van der Waals surface area contributed by atoms with Crippen molar-refractivity contribution in [3.05, 3.63) is 34.2 Å². The minimum Gasteiger partial charge on any atom is -0.308 e. The van der Waals surface area contributed by atoms with Gasteiger partial charge in [0.15, 0.2) is 5.82 Å². The topological polar surface area (TPSA) is 76.7 Å². The number of nitrogens with zero attached hydrogens (tertiary/aromatic N) is 3. The fourth-order valence-corrected chi connectivity index (χ4v) is 2.74. The Morgan fingerprint density at radius 1 is 1.16 bits per heavy atom. The highest BCUT2D eigenvalue weighted by Gasteiger charge is 2.18. The van der Waals surface area contributed by atoms with Crippen molar-refractivity contribution in [2.24, 2.45) is 5.84 Å². The Labute approximate surface area is 119 Å². The second kappa shape index (κ2) is 5.22. The van der Waals surface area contributed by atoms with E-state index in [0.29, 0.717) is 5.82 Å².